The number of aromatic nitrogens is 1. The van der Waals surface area contributed by atoms with E-state index in [4.69, 9.17) is 10.3 Å². The van der Waals surface area contributed by atoms with Crippen molar-refractivity contribution in [1.29, 1.82) is 0 Å². The molecule has 0 aliphatic carbocycles. The Hall–Kier alpha value is -0.870. The summed E-state index contributed by atoms with van der Waals surface area (Å²) in [5.74, 6) is 1.29. The van der Waals surface area contributed by atoms with Crippen molar-refractivity contribution in [2.45, 2.75) is 45.8 Å². The quantitative estimate of drug-likeness (QED) is 0.780. The van der Waals surface area contributed by atoms with Gasteiger partial charge in [-0.1, -0.05) is 19.0 Å². The van der Waals surface area contributed by atoms with Crippen molar-refractivity contribution in [3.8, 4) is 0 Å². The lowest BCUT2D eigenvalue weighted by atomic mass is 9.99. The van der Waals surface area contributed by atoms with E-state index in [1.165, 1.54) is 0 Å². The van der Waals surface area contributed by atoms with Gasteiger partial charge in [-0.25, -0.2) is 0 Å². The molecular weight excluding hydrogens is 192 g/mol. The third kappa shape index (κ3) is 3.64. The van der Waals surface area contributed by atoms with Crippen molar-refractivity contribution < 1.29 is 9.63 Å². The molecule has 2 atom stereocenters. The molecule has 0 aliphatic rings. The van der Waals surface area contributed by atoms with Gasteiger partial charge in [-0.2, -0.15) is 0 Å². The van der Waals surface area contributed by atoms with Gasteiger partial charge in [0.25, 0.3) is 0 Å². The fraction of sp³-hybridized carbons (Fsp3) is 0.727. The van der Waals surface area contributed by atoms with Gasteiger partial charge in [-0.3, -0.25) is 0 Å². The van der Waals surface area contributed by atoms with Crippen LogP contribution in [0, 0.1) is 12.8 Å². The molecule has 1 heterocycles. The standard InChI is InChI=1S/C11H20N2O2/c1-7(2)4-5-9(12)11(14)10-6-8(3)15-13-10/h6-7,9,11,14H,4-5,12H2,1-3H3. The van der Waals surface area contributed by atoms with Crippen molar-refractivity contribution >= 4 is 0 Å². The molecule has 0 fully saturated rings. The van der Waals surface area contributed by atoms with Crippen molar-refractivity contribution in [2.24, 2.45) is 11.7 Å². The highest BCUT2D eigenvalue weighted by atomic mass is 16.5. The van der Waals surface area contributed by atoms with Crippen LogP contribution in [0.25, 0.3) is 0 Å². The van der Waals surface area contributed by atoms with Crippen LogP contribution >= 0.6 is 0 Å². The first-order valence-corrected chi connectivity index (χ1v) is 5.37. The highest BCUT2D eigenvalue weighted by Gasteiger charge is 2.20. The predicted molar refractivity (Wildman–Crippen MR) is 58.2 cm³/mol. The molecular formula is C11H20N2O2. The number of hydrogen-bond acceptors (Lipinski definition) is 4. The fourth-order valence-electron chi connectivity index (χ4n) is 1.43. The predicted octanol–water partition coefficient (Wildman–Crippen LogP) is 1.78. The highest BCUT2D eigenvalue weighted by Crippen LogP contribution is 2.19. The second kappa shape index (κ2) is 5.28. The zero-order chi connectivity index (χ0) is 11.4. The minimum Gasteiger partial charge on any atom is -0.385 e. The van der Waals surface area contributed by atoms with Gasteiger partial charge in [0.1, 0.15) is 17.6 Å². The van der Waals surface area contributed by atoms with Gasteiger partial charge in [-0.15, -0.1) is 0 Å². The summed E-state index contributed by atoms with van der Waals surface area (Å²) in [7, 11) is 0. The minimum atomic E-state index is -0.721. The first-order valence-electron chi connectivity index (χ1n) is 5.37. The van der Waals surface area contributed by atoms with Crippen molar-refractivity contribution in [3.63, 3.8) is 0 Å². The van der Waals surface area contributed by atoms with E-state index in [1.807, 2.05) is 0 Å². The zero-order valence-electron chi connectivity index (χ0n) is 9.60. The molecule has 0 aliphatic heterocycles. The van der Waals surface area contributed by atoms with Crippen LogP contribution in [-0.4, -0.2) is 16.3 Å². The molecule has 4 heteroatoms. The molecule has 0 bridgehead atoms. The molecule has 2 unspecified atom stereocenters. The van der Waals surface area contributed by atoms with Gasteiger partial charge in [-0.05, 0) is 25.7 Å². The molecule has 1 aromatic heterocycles. The van der Waals surface area contributed by atoms with E-state index >= 15 is 0 Å². The highest BCUT2D eigenvalue weighted by molar-refractivity contribution is 5.08. The second-order valence-corrected chi connectivity index (χ2v) is 4.44. The summed E-state index contributed by atoms with van der Waals surface area (Å²) in [6.45, 7) is 6.07. The molecule has 0 radical (unpaired) electrons. The molecule has 0 saturated carbocycles. The number of nitrogens with zero attached hydrogens (tertiary/aromatic N) is 1. The van der Waals surface area contributed by atoms with E-state index in [9.17, 15) is 5.11 Å². The molecule has 4 nitrogen and oxygen atoms in total. The van der Waals surface area contributed by atoms with Crippen LogP contribution < -0.4 is 5.73 Å². The number of aryl methyl sites for hydroxylation is 1. The van der Waals surface area contributed by atoms with Gasteiger partial charge >= 0.3 is 0 Å². The second-order valence-electron chi connectivity index (χ2n) is 4.44. The van der Waals surface area contributed by atoms with Gasteiger partial charge in [0.05, 0.1) is 0 Å². The lowest BCUT2D eigenvalue weighted by Crippen LogP contribution is -2.28. The van der Waals surface area contributed by atoms with E-state index in [-0.39, 0.29) is 6.04 Å². The molecule has 1 rings (SSSR count). The molecule has 0 saturated heterocycles. The van der Waals surface area contributed by atoms with Crippen LogP contribution in [0.5, 0.6) is 0 Å². The maximum absolute atomic E-state index is 9.87. The smallest absolute Gasteiger partial charge is 0.134 e. The zero-order valence-corrected chi connectivity index (χ0v) is 9.60. The third-order valence-corrected chi connectivity index (χ3v) is 2.43. The van der Waals surface area contributed by atoms with E-state index in [1.54, 1.807) is 13.0 Å². The Balaban J connectivity index is 2.49. The summed E-state index contributed by atoms with van der Waals surface area (Å²) in [5.41, 5.74) is 6.41. The Morgan fingerprint density at radius 1 is 1.47 bits per heavy atom. The lowest BCUT2D eigenvalue weighted by Gasteiger charge is -2.17. The topological polar surface area (TPSA) is 72.3 Å². The maximum Gasteiger partial charge on any atom is 0.134 e. The SMILES string of the molecule is Cc1cc(C(O)C(N)CCC(C)C)no1. The molecule has 1 aromatic rings. The third-order valence-electron chi connectivity index (χ3n) is 2.43. The Morgan fingerprint density at radius 2 is 2.13 bits per heavy atom. The Labute approximate surface area is 90.5 Å². The maximum atomic E-state index is 9.87. The van der Waals surface area contributed by atoms with Gasteiger partial charge in [0, 0.05) is 12.1 Å². The van der Waals surface area contributed by atoms with Crippen molar-refractivity contribution in [3.05, 3.63) is 17.5 Å². The van der Waals surface area contributed by atoms with Crippen LogP contribution in [-0.2, 0) is 0 Å². The summed E-state index contributed by atoms with van der Waals surface area (Å²) in [4.78, 5) is 0. The molecule has 0 amide bonds. The van der Waals surface area contributed by atoms with Crippen molar-refractivity contribution in [2.75, 3.05) is 0 Å². The average molecular weight is 212 g/mol. The number of nitrogens with two attached hydrogens (primary N) is 1. The van der Waals surface area contributed by atoms with Crippen molar-refractivity contribution in [1.82, 2.24) is 5.16 Å². The fourth-order valence-corrected chi connectivity index (χ4v) is 1.43. The monoisotopic (exact) mass is 212 g/mol. The Bertz CT molecular complexity index is 297. The van der Waals surface area contributed by atoms with Crippen LogP contribution in [0.4, 0.5) is 0 Å². The first-order chi connectivity index (χ1) is 7.00. The van der Waals surface area contributed by atoms with Crippen LogP contribution in [0.3, 0.4) is 0 Å². The van der Waals surface area contributed by atoms with Gasteiger partial charge in [0.15, 0.2) is 0 Å². The summed E-state index contributed by atoms with van der Waals surface area (Å²) in [6, 6.07) is 1.46. The molecule has 0 aromatic carbocycles. The van der Waals surface area contributed by atoms with Crippen LogP contribution in [0.15, 0.2) is 10.6 Å². The Kier molecular flexibility index (Phi) is 4.29. The number of aliphatic hydroxyl groups excluding tert-OH is 1. The first kappa shape index (κ1) is 12.2. The normalized spacial score (nSPS) is 15.6. The lowest BCUT2D eigenvalue weighted by molar-refractivity contribution is 0.130. The summed E-state index contributed by atoms with van der Waals surface area (Å²) in [5, 5.41) is 13.6. The number of hydrogen-bond donors (Lipinski definition) is 2. The summed E-state index contributed by atoms with van der Waals surface area (Å²) < 4.78 is 4.90. The summed E-state index contributed by atoms with van der Waals surface area (Å²) >= 11 is 0. The minimum absolute atomic E-state index is 0.267. The number of rotatable bonds is 5. The van der Waals surface area contributed by atoms with Gasteiger partial charge < -0.3 is 15.4 Å². The number of aliphatic hydroxyl groups is 1. The summed E-state index contributed by atoms with van der Waals surface area (Å²) in [6.07, 6.45) is 1.08. The van der Waals surface area contributed by atoms with Crippen LogP contribution in [0.2, 0.25) is 0 Å². The van der Waals surface area contributed by atoms with Crippen LogP contribution in [0.1, 0.15) is 44.2 Å². The largest absolute Gasteiger partial charge is 0.385 e. The van der Waals surface area contributed by atoms with E-state index in [2.05, 4.69) is 19.0 Å². The molecule has 3 N–H and O–H groups in total. The molecule has 15 heavy (non-hydrogen) atoms. The Morgan fingerprint density at radius 3 is 2.60 bits per heavy atom. The van der Waals surface area contributed by atoms with E-state index in [0.717, 1.165) is 12.8 Å². The van der Waals surface area contributed by atoms with E-state index < -0.39 is 6.10 Å². The average Bonchev–Trinajstić information content (AvgIpc) is 2.60. The molecule has 0 spiro atoms. The van der Waals surface area contributed by atoms with Gasteiger partial charge in [0.2, 0.25) is 0 Å². The van der Waals surface area contributed by atoms with E-state index in [0.29, 0.717) is 17.4 Å². The molecule has 86 valence electrons.